The summed E-state index contributed by atoms with van der Waals surface area (Å²) in [5, 5.41) is 18.8. The Bertz CT molecular complexity index is 525. The second-order valence-corrected chi connectivity index (χ2v) is 5.88. The zero-order valence-electron chi connectivity index (χ0n) is 9.39. The van der Waals surface area contributed by atoms with Gasteiger partial charge in [-0.2, -0.15) is 4.31 Å². The van der Waals surface area contributed by atoms with Gasteiger partial charge in [0.1, 0.15) is 4.90 Å². The van der Waals surface area contributed by atoms with Crippen LogP contribution < -0.4 is 11.3 Å². The molecule has 1 aromatic rings. The largest absolute Gasteiger partial charge is 0.389 e. The lowest BCUT2D eigenvalue weighted by molar-refractivity contribution is 0.0572. The van der Waals surface area contributed by atoms with E-state index in [-0.39, 0.29) is 23.7 Å². The van der Waals surface area contributed by atoms with E-state index in [0.29, 0.717) is 0 Å². The summed E-state index contributed by atoms with van der Waals surface area (Å²) in [6.45, 7) is -0.301. The summed E-state index contributed by atoms with van der Waals surface area (Å²) < 4.78 is 25.5. The summed E-state index contributed by atoms with van der Waals surface area (Å²) in [7, 11) is -3.84. The summed E-state index contributed by atoms with van der Waals surface area (Å²) in [4.78, 5) is 3.65. The van der Waals surface area contributed by atoms with Gasteiger partial charge in [0, 0.05) is 25.5 Å². The number of hydrogen-bond acceptors (Lipinski definition) is 7. The van der Waals surface area contributed by atoms with E-state index in [1.807, 2.05) is 0 Å². The van der Waals surface area contributed by atoms with Gasteiger partial charge in [0.2, 0.25) is 10.0 Å². The second kappa shape index (κ2) is 4.78. The fourth-order valence-electron chi connectivity index (χ4n) is 1.78. The van der Waals surface area contributed by atoms with Gasteiger partial charge in [-0.25, -0.2) is 8.42 Å². The number of nitrogens with one attached hydrogen (secondary N) is 1. The minimum absolute atomic E-state index is 0.0891. The standard InChI is InChI=1S/C9H14N4O4S/c10-12-6-1-2-11-3-9(6)18(16,17)13-4-7(14)8(15)5-13/h1-3,7-8,14-15H,4-5,10H2,(H,11,12). The van der Waals surface area contributed by atoms with Crippen molar-refractivity contribution in [3.05, 3.63) is 18.5 Å². The summed E-state index contributed by atoms with van der Waals surface area (Å²) in [5.74, 6) is 5.24. The molecule has 18 heavy (non-hydrogen) atoms. The van der Waals surface area contributed by atoms with Gasteiger partial charge in [-0.05, 0) is 6.07 Å². The van der Waals surface area contributed by atoms with E-state index in [4.69, 9.17) is 5.84 Å². The van der Waals surface area contributed by atoms with E-state index < -0.39 is 22.2 Å². The quantitative estimate of drug-likeness (QED) is 0.374. The van der Waals surface area contributed by atoms with E-state index in [1.54, 1.807) is 0 Å². The Kier molecular flexibility index (Phi) is 3.50. The van der Waals surface area contributed by atoms with Crippen molar-refractivity contribution in [3.63, 3.8) is 0 Å². The van der Waals surface area contributed by atoms with Gasteiger partial charge < -0.3 is 15.6 Å². The van der Waals surface area contributed by atoms with Crippen LogP contribution in [-0.2, 0) is 10.0 Å². The number of rotatable bonds is 3. The van der Waals surface area contributed by atoms with E-state index in [9.17, 15) is 18.6 Å². The molecule has 0 aliphatic carbocycles. The van der Waals surface area contributed by atoms with Crippen molar-refractivity contribution < 1.29 is 18.6 Å². The predicted octanol–water partition coefficient (Wildman–Crippen LogP) is -1.91. The molecule has 2 unspecified atom stereocenters. The highest BCUT2D eigenvalue weighted by Gasteiger charge is 2.38. The molecule has 0 radical (unpaired) electrons. The molecule has 0 bridgehead atoms. The van der Waals surface area contributed by atoms with Crippen LogP contribution in [0.15, 0.2) is 23.4 Å². The van der Waals surface area contributed by atoms with Crippen LogP contribution in [0, 0.1) is 0 Å². The van der Waals surface area contributed by atoms with E-state index in [0.717, 1.165) is 4.31 Å². The molecule has 0 amide bonds. The van der Waals surface area contributed by atoms with E-state index in [2.05, 4.69) is 10.4 Å². The van der Waals surface area contributed by atoms with Gasteiger partial charge in [0.15, 0.2) is 0 Å². The van der Waals surface area contributed by atoms with Crippen molar-refractivity contribution in [1.82, 2.24) is 9.29 Å². The first-order valence-electron chi connectivity index (χ1n) is 5.23. The maximum absolute atomic E-state index is 12.3. The third-order valence-corrected chi connectivity index (χ3v) is 4.64. The molecule has 2 atom stereocenters. The smallest absolute Gasteiger partial charge is 0.246 e. The van der Waals surface area contributed by atoms with Crippen LogP contribution in [0.4, 0.5) is 5.69 Å². The molecule has 1 saturated heterocycles. The first kappa shape index (κ1) is 13.2. The molecule has 1 aliphatic rings. The van der Waals surface area contributed by atoms with Crippen molar-refractivity contribution in [1.29, 1.82) is 0 Å². The number of pyridine rings is 1. The fourth-order valence-corrected chi connectivity index (χ4v) is 3.35. The van der Waals surface area contributed by atoms with Crippen molar-refractivity contribution in [2.75, 3.05) is 18.5 Å². The molecule has 2 rings (SSSR count). The van der Waals surface area contributed by atoms with Gasteiger partial charge in [0.05, 0.1) is 17.9 Å². The Balaban J connectivity index is 2.37. The van der Waals surface area contributed by atoms with Crippen molar-refractivity contribution in [3.8, 4) is 0 Å². The molecule has 8 nitrogen and oxygen atoms in total. The number of hydrogen-bond donors (Lipinski definition) is 4. The average Bonchev–Trinajstić information content (AvgIpc) is 2.70. The normalized spacial score (nSPS) is 25.3. The third-order valence-electron chi connectivity index (χ3n) is 2.78. The zero-order chi connectivity index (χ0) is 13.3. The van der Waals surface area contributed by atoms with Crippen molar-refractivity contribution in [2.24, 2.45) is 5.84 Å². The number of sulfonamides is 1. The Labute approximate surface area is 104 Å². The minimum Gasteiger partial charge on any atom is -0.389 e. The first-order chi connectivity index (χ1) is 8.46. The number of aromatic nitrogens is 1. The molecule has 0 aromatic carbocycles. The van der Waals surface area contributed by atoms with Crippen LogP contribution in [0.3, 0.4) is 0 Å². The summed E-state index contributed by atoms with van der Waals surface area (Å²) in [6.07, 6.45) is 0.417. The molecular formula is C9H14N4O4S. The maximum Gasteiger partial charge on any atom is 0.246 e. The zero-order valence-corrected chi connectivity index (χ0v) is 10.2. The fraction of sp³-hybridized carbons (Fsp3) is 0.444. The van der Waals surface area contributed by atoms with E-state index in [1.165, 1.54) is 18.5 Å². The number of nitrogen functional groups attached to an aromatic ring is 1. The monoisotopic (exact) mass is 274 g/mol. The van der Waals surface area contributed by atoms with Gasteiger partial charge in [-0.15, -0.1) is 0 Å². The summed E-state index contributed by atoms with van der Waals surface area (Å²) in [5.41, 5.74) is 2.49. The first-order valence-corrected chi connectivity index (χ1v) is 6.67. The molecule has 1 aliphatic heterocycles. The summed E-state index contributed by atoms with van der Waals surface area (Å²) in [6, 6.07) is 1.43. The molecule has 0 spiro atoms. The molecule has 100 valence electrons. The SMILES string of the molecule is NNc1ccncc1S(=O)(=O)N1CC(O)C(O)C1. The minimum atomic E-state index is -3.84. The molecule has 0 saturated carbocycles. The Morgan fingerprint density at radius 1 is 1.39 bits per heavy atom. The maximum atomic E-state index is 12.3. The summed E-state index contributed by atoms with van der Waals surface area (Å²) >= 11 is 0. The highest BCUT2D eigenvalue weighted by atomic mass is 32.2. The van der Waals surface area contributed by atoms with Crippen molar-refractivity contribution >= 4 is 15.7 Å². The van der Waals surface area contributed by atoms with Crippen LogP contribution in [0.5, 0.6) is 0 Å². The molecule has 9 heteroatoms. The lowest BCUT2D eigenvalue weighted by Crippen LogP contribution is -2.31. The number of anilines is 1. The molecular weight excluding hydrogens is 260 g/mol. The van der Waals surface area contributed by atoms with Crippen LogP contribution >= 0.6 is 0 Å². The highest BCUT2D eigenvalue weighted by Crippen LogP contribution is 2.25. The number of β-amino-alcohol motifs (C(OH)–C–C–N with tert-alkyl or cyclic N) is 2. The second-order valence-electron chi connectivity index (χ2n) is 3.97. The topological polar surface area (TPSA) is 129 Å². The van der Waals surface area contributed by atoms with Crippen LogP contribution in [0.2, 0.25) is 0 Å². The lowest BCUT2D eigenvalue weighted by atomic mass is 10.3. The van der Waals surface area contributed by atoms with Gasteiger partial charge in [-0.3, -0.25) is 10.8 Å². The van der Waals surface area contributed by atoms with Gasteiger partial charge in [-0.1, -0.05) is 0 Å². The average molecular weight is 274 g/mol. The van der Waals surface area contributed by atoms with Gasteiger partial charge >= 0.3 is 0 Å². The lowest BCUT2D eigenvalue weighted by Gasteiger charge is -2.17. The van der Waals surface area contributed by atoms with Gasteiger partial charge in [0.25, 0.3) is 0 Å². The van der Waals surface area contributed by atoms with E-state index >= 15 is 0 Å². The van der Waals surface area contributed by atoms with Crippen LogP contribution in [-0.4, -0.2) is 53.2 Å². The molecule has 5 N–H and O–H groups in total. The number of nitrogens with two attached hydrogens (primary N) is 1. The van der Waals surface area contributed by atoms with Crippen molar-refractivity contribution in [2.45, 2.75) is 17.1 Å². The number of aliphatic hydroxyl groups is 2. The predicted molar refractivity (Wildman–Crippen MR) is 62.8 cm³/mol. The number of hydrazine groups is 1. The van der Waals surface area contributed by atoms with Crippen LogP contribution in [0.1, 0.15) is 0 Å². The van der Waals surface area contributed by atoms with Crippen LogP contribution in [0.25, 0.3) is 0 Å². The number of nitrogens with zero attached hydrogens (tertiary/aromatic N) is 2. The molecule has 1 fully saturated rings. The Hall–Kier alpha value is -1.26. The Morgan fingerprint density at radius 3 is 2.56 bits per heavy atom. The number of aliphatic hydroxyl groups excluding tert-OH is 2. The molecule has 1 aromatic heterocycles. The Morgan fingerprint density at radius 2 is 2.00 bits per heavy atom. The molecule has 2 heterocycles. The third kappa shape index (κ3) is 2.18. The highest BCUT2D eigenvalue weighted by molar-refractivity contribution is 7.89.